The number of carbonyl (C=O) groups is 1. The van der Waals surface area contributed by atoms with Gasteiger partial charge < -0.3 is 18.9 Å². The van der Waals surface area contributed by atoms with Crippen molar-refractivity contribution in [3.63, 3.8) is 0 Å². The summed E-state index contributed by atoms with van der Waals surface area (Å²) in [6.45, 7) is 3.08. The summed E-state index contributed by atoms with van der Waals surface area (Å²) < 4.78 is 22.2. The first-order chi connectivity index (χ1) is 13.2. The van der Waals surface area contributed by atoms with Gasteiger partial charge in [-0.3, -0.25) is 4.79 Å². The Morgan fingerprint density at radius 1 is 1.00 bits per heavy atom. The van der Waals surface area contributed by atoms with Crippen molar-refractivity contribution < 1.29 is 23.7 Å². The molecule has 0 spiro atoms. The Morgan fingerprint density at radius 2 is 1.89 bits per heavy atom. The number of hydrogen-bond acceptors (Lipinski definition) is 5. The predicted octanol–water partition coefficient (Wildman–Crippen LogP) is 4.99. The van der Waals surface area contributed by atoms with Crippen molar-refractivity contribution in [1.82, 2.24) is 0 Å². The van der Waals surface area contributed by atoms with Crippen molar-refractivity contribution in [2.24, 2.45) is 0 Å². The lowest BCUT2D eigenvalue weighted by atomic mass is 10.1. The van der Waals surface area contributed by atoms with Crippen molar-refractivity contribution in [1.29, 1.82) is 0 Å². The molecule has 0 unspecified atom stereocenters. The van der Waals surface area contributed by atoms with E-state index < -0.39 is 0 Å². The number of unbranched alkanes of at least 4 members (excludes halogenated alkanes) is 3. The lowest BCUT2D eigenvalue weighted by Crippen LogP contribution is -1.98. The van der Waals surface area contributed by atoms with Crippen LogP contribution in [0.1, 0.15) is 48.5 Å². The molecular formula is C22H22O5. The molecule has 0 N–H and O–H groups in total. The number of fused-ring (bicyclic) bond motifs is 2. The van der Waals surface area contributed by atoms with Crippen molar-refractivity contribution >= 4 is 11.9 Å². The van der Waals surface area contributed by atoms with E-state index in [1.54, 1.807) is 18.2 Å². The molecule has 0 saturated carbocycles. The largest absolute Gasteiger partial charge is 0.493 e. The van der Waals surface area contributed by atoms with Gasteiger partial charge in [0.2, 0.25) is 12.6 Å². The van der Waals surface area contributed by atoms with E-state index in [9.17, 15) is 4.79 Å². The highest BCUT2D eigenvalue weighted by molar-refractivity contribution is 6.14. The van der Waals surface area contributed by atoms with Crippen LogP contribution in [-0.2, 0) is 0 Å². The van der Waals surface area contributed by atoms with Gasteiger partial charge in [0.25, 0.3) is 0 Å². The van der Waals surface area contributed by atoms with Crippen molar-refractivity contribution in [2.45, 2.75) is 32.6 Å². The third kappa shape index (κ3) is 3.77. The average Bonchev–Trinajstić information content (AvgIpc) is 3.26. The molecule has 140 valence electrons. The summed E-state index contributed by atoms with van der Waals surface area (Å²) in [5, 5.41) is 0. The molecule has 2 aliphatic rings. The molecule has 0 aromatic heterocycles. The van der Waals surface area contributed by atoms with Gasteiger partial charge in [0.05, 0.1) is 12.2 Å². The fourth-order valence-electron chi connectivity index (χ4n) is 3.13. The first-order valence-electron chi connectivity index (χ1n) is 9.35. The molecule has 0 bridgehead atoms. The van der Waals surface area contributed by atoms with Gasteiger partial charge in [-0.2, -0.15) is 0 Å². The molecule has 2 aromatic rings. The molecule has 0 radical (unpaired) electrons. The number of ether oxygens (including phenoxy) is 4. The molecule has 27 heavy (non-hydrogen) atoms. The SMILES string of the molecule is CCCCCCOc1ccc2c(c1)OC(=Cc1ccc3c(c1)OCO3)C2=O. The minimum Gasteiger partial charge on any atom is -0.493 e. The Morgan fingerprint density at radius 3 is 2.78 bits per heavy atom. The fraction of sp³-hybridized carbons (Fsp3) is 0.318. The van der Waals surface area contributed by atoms with E-state index in [0.717, 1.165) is 17.7 Å². The van der Waals surface area contributed by atoms with Crippen LogP contribution >= 0.6 is 0 Å². The number of allylic oxidation sites excluding steroid dienone is 1. The zero-order valence-corrected chi connectivity index (χ0v) is 15.3. The zero-order valence-electron chi connectivity index (χ0n) is 15.3. The minimum absolute atomic E-state index is 0.128. The fourth-order valence-corrected chi connectivity index (χ4v) is 3.13. The first-order valence-corrected chi connectivity index (χ1v) is 9.35. The molecule has 0 atom stereocenters. The van der Waals surface area contributed by atoms with Crippen molar-refractivity contribution in [3.8, 4) is 23.0 Å². The summed E-state index contributed by atoms with van der Waals surface area (Å²) in [6.07, 6.45) is 6.33. The standard InChI is InChI=1S/C22H22O5/c1-2-3-4-5-10-24-16-7-8-17-19(13-16)27-21(22(17)23)12-15-6-9-18-20(11-15)26-14-25-18/h6-9,11-13H,2-5,10,14H2,1H3. The summed E-state index contributed by atoms with van der Waals surface area (Å²) in [5.41, 5.74) is 1.38. The quantitative estimate of drug-likeness (QED) is 0.510. The van der Waals surface area contributed by atoms with Crippen LogP contribution < -0.4 is 18.9 Å². The van der Waals surface area contributed by atoms with Crippen molar-refractivity contribution in [3.05, 3.63) is 53.3 Å². The molecule has 0 aliphatic carbocycles. The maximum atomic E-state index is 12.6. The van der Waals surface area contributed by atoms with Gasteiger partial charge in [0.15, 0.2) is 17.3 Å². The molecule has 2 aliphatic heterocycles. The monoisotopic (exact) mass is 366 g/mol. The second kappa shape index (κ2) is 7.74. The summed E-state index contributed by atoms with van der Waals surface area (Å²) in [5.74, 6) is 2.81. The van der Waals surface area contributed by atoms with Crippen LogP contribution in [-0.4, -0.2) is 19.2 Å². The highest BCUT2D eigenvalue weighted by Crippen LogP contribution is 2.37. The zero-order chi connectivity index (χ0) is 18.6. The van der Waals surface area contributed by atoms with Crippen LogP contribution in [0.2, 0.25) is 0 Å². The predicted molar refractivity (Wildman–Crippen MR) is 102 cm³/mol. The highest BCUT2D eigenvalue weighted by Gasteiger charge is 2.28. The molecule has 5 heteroatoms. The third-order valence-corrected chi connectivity index (χ3v) is 4.60. The minimum atomic E-state index is -0.128. The molecule has 0 amide bonds. The Kier molecular flexibility index (Phi) is 5.01. The Balaban J connectivity index is 1.45. The second-order valence-electron chi connectivity index (χ2n) is 6.62. The summed E-state index contributed by atoms with van der Waals surface area (Å²) >= 11 is 0. The lowest BCUT2D eigenvalue weighted by molar-refractivity contribution is 0.101. The average molecular weight is 366 g/mol. The van der Waals surface area contributed by atoms with E-state index in [1.165, 1.54) is 19.3 Å². The smallest absolute Gasteiger partial charge is 0.231 e. The number of hydrogen-bond donors (Lipinski definition) is 0. The first kappa shape index (κ1) is 17.5. The topological polar surface area (TPSA) is 54.0 Å². The molecule has 5 nitrogen and oxygen atoms in total. The van der Waals surface area contributed by atoms with Crippen LogP contribution in [0.5, 0.6) is 23.0 Å². The molecule has 0 fully saturated rings. The molecule has 2 aromatic carbocycles. The summed E-state index contributed by atoms with van der Waals surface area (Å²) in [6, 6.07) is 10.9. The Bertz CT molecular complexity index is 884. The van der Waals surface area contributed by atoms with E-state index >= 15 is 0 Å². The van der Waals surface area contributed by atoms with Gasteiger partial charge in [-0.1, -0.05) is 32.3 Å². The number of rotatable bonds is 7. The van der Waals surface area contributed by atoms with Gasteiger partial charge in [-0.25, -0.2) is 0 Å². The number of Topliss-reactive ketones (excluding diaryl/α,β-unsaturated/α-hetero) is 1. The van der Waals surface area contributed by atoms with E-state index in [2.05, 4.69) is 6.92 Å². The maximum Gasteiger partial charge on any atom is 0.231 e. The van der Waals surface area contributed by atoms with E-state index in [-0.39, 0.29) is 12.6 Å². The molecule has 4 rings (SSSR count). The van der Waals surface area contributed by atoms with Gasteiger partial charge >= 0.3 is 0 Å². The normalized spacial score (nSPS) is 15.7. The number of benzene rings is 2. The van der Waals surface area contributed by atoms with E-state index in [4.69, 9.17) is 18.9 Å². The summed E-state index contributed by atoms with van der Waals surface area (Å²) in [7, 11) is 0. The molecule has 0 saturated heterocycles. The van der Waals surface area contributed by atoms with Gasteiger partial charge in [0.1, 0.15) is 11.5 Å². The van der Waals surface area contributed by atoms with E-state index in [0.29, 0.717) is 35.2 Å². The van der Waals surface area contributed by atoms with Crippen LogP contribution in [0.25, 0.3) is 6.08 Å². The number of carbonyl (C=O) groups excluding carboxylic acids is 1. The van der Waals surface area contributed by atoms with Crippen LogP contribution in [0.3, 0.4) is 0 Å². The maximum absolute atomic E-state index is 12.6. The second-order valence-corrected chi connectivity index (χ2v) is 6.62. The molecular weight excluding hydrogens is 344 g/mol. The lowest BCUT2D eigenvalue weighted by Gasteiger charge is -2.07. The third-order valence-electron chi connectivity index (χ3n) is 4.60. The van der Waals surface area contributed by atoms with Gasteiger partial charge in [-0.05, 0) is 42.3 Å². The summed E-state index contributed by atoms with van der Waals surface area (Å²) in [4.78, 5) is 12.6. The number of ketones is 1. The highest BCUT2D eigenvalue weighted by atomic mass is 16.7. The van der Waals surface area contributed by atoms with Gasteiger partial charge in [0, 0.05) is 6.07 Å². The Labute approximate surface area is 158 Å². The van der Waals surface area contributed by atoms with Crippen molar-refractivity contribution in [2.75, 3.05) is 13.4 Å². The van der Waals surface area contributed by atoms with Gasteiger partial charge in [-0.15, -0.1) is 0 Å². The van der Waals surface area contributed by atoms with Crippen LogP contribution in [0.15, 0.2) is 42.2 Å². The van der Waals surface area contributed by atoms with Crippen LogP contribution in [0.4, 0.5) is 0 Å². The van der Waals surface area contributed by atoms with Crippen LogP contribution in [0, 0.1) is 0 Å². The Hall–Kier alpha value is -2.95. The van der Waals surface area contributed by atoms with E-state index in [1.807, 2.05) is 24.3 Å². The molecule has 2 heterocycles.